The van der Waals surface area contributed by atoms with Crippen molar-refractivity contribution in [1.29, 1.82) is 0 Å². The number of hydrogen-bond acceptors (Lipinski definition) is 5. The highest BCUT2D eigenvalue weighted by Crippen LogP contribution is 2.18. The number of carbonyl (C=O) groups excluding carboxylic acids is 1. The molecule has 0 saturated carbocycles. The van der Waals surface area contributed by atoms with Gasteiger partial charge in [-0.05, 0) is 36.2 Å². The Morgan fingerprint density at radius 1 is 1.11 bits per heavy atom. The normalized spacial score (nSPS) is 10.4. The fourth-order valence-corrected chi connectivity index (χ4v) is 2.56. The minimum atomic E-state index is -0.991. The van der Waals surface area contributed by atoms with E-state index in [-0.39, 0.29) is 23.2 Å². The molecule has 0 spiro atoms. The number of nitrogens with one attached hydrogen (secondary N) is 2. The van der Waals surface area contributed by atoms with Gasteiger partial charge in [-0.25, -0.2) is 18.7 Å². The number of aromatic nitrogens is 2. The zero-order chi connectivity index (χ0) is 19.9. The third kappa shape index (κ3) is 4.79. The highest BCUT2D eigenvalue weighted by Gasteiger charge is 2.10. The van der Waals surface area contributed by atoms with E-state index in [0.717, 1.165) is 23.4 Å². The number of ether oxygens (including phenoxy) is 1. The van der Waals surface area contributed by atoms with E-state index < -0.39 is 11.6 Å². The van der Waals surface area contributed by atoms with Gasteiger partial charge in [0.2, 0.25) is 5.95 Å². The molecule has 0 unspecified atom stereocenters. The van der Waals surface area contributed by atoms with E-state index in [9.17, 15) is 13.6 Å². The molecule has 0 bridgehead atoms. The lowest BCUT2D eigenvalue weighted by atomic mass is 10.1. The van der Waals surface area contributed by atoms with Crippen molar-refractivity contribution < 1.29 is 18.3 Å². The minimum Gasteiger partial charge on any atom is -0.496 e. The maximum Gasteiger partial charge on any atom is 0.270 e. The fraction of sp³-hybridized carbons (Fsp3) is 0.150. The summed E-state index contributed by atoms with van der Waals surface area (Å²) in [6.07, 6.45) is 2.01. The first-order valence-corrected chi connectivity index (χ1v) is 8.52. The highest BCUT2D eigenvalue weighted by atomic mass is 19.2. The predicted octanol–water partition coefficient (Wildman–Crippen LogP) is 3.48. The topological polar surface area (TPSA) is 76.1 Å². The highest BCUT2D eigenvalue weighted by molar-refractivity contribution is 5.92. The molecule has 0 aliphatic carbocycles. The van der Waals surface area contributed by atoms with Gasteiger partial charge in [-0.3, -0.25) is 4.79 Å². The standard InChI is InChI=1S/C20H18F2N4O2/c1-28-18-5-3-2-4-13(18)8-10-23-19(27)17-9-11-24-20(26-17)25-14-6-7-15(21)16(22)12-14/h2-7,9,11-12H,8,10H2,1H3,(H,23,27)(H,24,25,26). The molecule has 2 aromatic carbocycles. The molecule has 8 heteroatoms. The number of anilines is 2. The van der Waals surface area contributed by atoms with Gasteiger partial charge in [0.15, 0.2) is 11.6 Å². The average molecular weight is 384 g/mol. The third-order valence-electron chi connectivity index (χ3n) is 3.94. The Morgan fingerprint density at radius 2 is 1.93 bits per heavy atom. The molecule has 1 heterocycles. The Hall–Kier alpha value is -3.55. The smallest absolute Gasteiger partial charge is 0.270 e. The van der Waals surface area contributed by atoms with E-state index >= 15 is 0 Å². The molecule has 0 aliphatic heterocycles. The van der Waals surface area contributed by atoms with Crippen molar-refractivity contribution in [2.75, 3.05) is 19.0 Å². The number of rotatable bonds is 7. The Labute approximate surface area is 160 Å². The number of benzene rings is 2. The Morgan fingerprint density at radius 3 is 2.71 bits per heavy atom. The Kier molecular flexibility index (Phi) is 6.11. The molecule has 0 saturated heterocycles. The summed E-state index contributed by atoms with van der Waals surface area (Å²) in [5.74, 6) is -1.45. The van der Waals surface area contributed by atoms with Crippen LogP contribution in [0.4, 0.5) is 20.4 Å². The molecule has 28 heavy (non-hydrogen) atoms. The zero-order valence-corrected chi connectivity index (χ0v) is 15.1. The van der Waals surface area contributed by atoms with Crippen molar-refractivity contribution in [3.05, 3.63) is 77.6 Å². The quantitative estimate of drug-likeness (QED) is 0.652. The molecule has 0 radical (unpaired) electrons. The first kappa shape index (κ1) is 19.2. The molecule has 144 valence electrons. The molecule has 0 aliphatic rings. The summed E-state index contributed by atoms with van der Waals surface area (Å²) in [5.41, 5.74) is 1.40. The zero-order valence-electron chi connectivity index (χ0n) is 15.1. The van der Waals surface area contributed by atoms with Crippen molar-refractivity contribution in [2.24, 2.45) is 0 Å². The van der Waals surface area contributed by atoms with Crippen molar-refractivity contribution in [2.45, 2.75) is 6.42 Å². The fourth-order valence-electron chi connectivity index (χ4n) is 2.56. The van der Waals surface area contributed by atoms with Crippen LogP contribution in [0, 0.1) is 11.6 Å². The van der Waals surface area contributed by atoms with E-state index in [0.29, 0.717) is 13.0 Å². The van der Waals surface area contributed by atoms with Crippen molar-refractivity contribution >= 4 is 17.5 Å². The second-order valence-corrected chi connectivity index (χ2v) is 5.84. The summed E-state index contributed by atoms with van der Waals surface area (Å²) in [7, 11) is 1.60. The Bertz CT molecular complexity index is 982. The predicted molar refractivity (Wildman–Crippen MR) is 101 cm³/mol. The van der Waals surface area contributed by atoms with Crippen LogP contribution in [0.25, 0.3) is 0 Å². The van der Waals surface area contributed by atoms with E-state index in [4.69, 9.17) is 4.74 Å². The number of nitrogens with zero attached hydrogens (tertiary/aromatic N) is 2. The second-order valence-electron chi connectivity index (χ2n) is 5.84. The summed E-state index contributed by atoms with van der Waals surface area (Å²) in [6, 6.07) is 12.4. The van der Waals surface area contributed by atoms with Gasteiger partial charge in [-0.2, -0.15) is 0 Å². The SMILES string of the molecule is COc1ccccc1CCNC(=O)c1ccnc(Nc2ccc(F)c(F)c2)n1. The lowest BCUT2D eigenvalue weighted by Crippen LogP contribution is -2.26. The van der Waals surface area contributed by atoms with E-state index in [1.54, 1.807) is 7.11 Å². The molecule has 0 fully saturated rings. The van der Waals surface area contributed by atoms with Gasteiger partial charge in [-0.1, -0.05) is 18.2 Å². The monoisotopic (exact) mass is 384 g/mol. The van der Waals surface area contributed by atoms with E-state index in [1.807, 2.05) is 24.3 Å². The first-order chi connectivity index (χ1) is 13.6. The molecule has 2 N–H and O–H groups in total. The molecular weight excluding hydrogens is 366 g/mol. The number of methoxy groups -OCH3 is 1. The molecule has 6 nitrogen and oxygen atoms in total. The molecule has 1 amide bonds. The van der Waals surface area contributed by atoms with Gasteiger partial charge in [0.1, 0.15) is 11.4 Å². The number of carbonyl (C=O) groups is 1. The van der Waals surface area contributed by atoms with Crippen molar-refractivity contribution in [3.8, 4) is 5.75 Å². The number of halogens is 2. The second kappa shape index (κ2) is 8.90. The van der Waals surface area contributed by atoms with Crippen LogP contribution in [0.2, 0.25) is 0 Å². The maximum absolute atomic E-state index is 13.3. The van der Waals surface area contributed by atoms with Gasteiger partial charge >= 0.3 is 0 Å². The maximum atomic E-state index is 13.3. The van der Waals surface area contributed by atoms with Crippen LogP contribution in [-0.2, 0) is 6.42 Å². The van der Waals surface area contributed by atoms with Crippen LogP contribution in [0.1, 0.15) is 16.1 Å². The molecular formula is C20H18F2N4O2. The molecule has 1 aromatic heterocycles. The van der Waals surface area contributed by atoms with Crippen LogP contribution in [-0.4, -0.2) is 29.5 Å². The largest absolute Gasteiger partial charge is 0.496 e. The van der Waals surface area contributed by atoms with Gasteiger partial charge in [0, 0.05) is 24.5 Å². The van der Waals surface area contributed by atoms with Crippen LogP contribution in [0.3, 0.4) is 0 Å². The Balaban J connectivity index is 1.61. The van der Waals surface area contributed by atoms with Crippen LogP contribution in [0.5, 0.6) is 5.75 Å². The molecule has 0 atom stereocenters. The van der Waals surface area contributed by atoms with Crippen LogP contribution in [0.15, 0.2) is 54.7 Å². The molecule has 3 aromatic rings. The molecule has 3 rings (SSSR count). The van der Waals surface area contributed by atoms with E-state index in [1.165, 1.54) is 18.3 Å². The van der Waals surface area contributed by atoms with Gasteiger partial charge in [0.25, 0.3) is 5.91 Å². The number of para-hydroxylation sites is 1. The average Bonchev–Trinajstić information content (AvgIpc) is 2.71. The third-order valence-corrected chi connectivity index (χ3v) is 3.94. The van der Waals surface area contributed by atoms with Gasteiger partial charge < -0.3 is 15.4 Å². The van der Waals surface area contributed by atoms with Crippen LogP contribution >= 0.6 is 0 Å². The minimum absolute atomic E-state index is 0.100. The van der Waals surface area contributed by atoms with Crippen molar-refractivity contribution in [1.82, 2.24) is 15.3 Å². The summed E-state index contributed by atoms with van der Waals surface area (Å²) >= 11 is 0. The first-order valence-electron chi connectivity index (χ1n) is 8.52. The van der Waals surface area contributed by atoms with Crippen molar-refractivity contribution in [3.63, 3.8) is 0 Å². The van der Waals surface area contributed by atoms with Gasteiger partial charge in [0.05, 0.1) is 7.11 Å². The summed E-state index contributed by atoms with van der Waals surface area (Å²) in [6.45, 7) is 0.398. The summed E-state index contributed by atoms with van der Waals surface area (Å²) in [5, 5.41) is 5.52. The summed E-state index contributed by atoms with van der Waals surface area (Å²) < 4.78 is 31.6. The summed E-state index contributed by atoms with van der Waals surface area (Å²) in [4.78, 5) is 20.4. The lowest BCUT2D eigenvalue weighted by Gasteiger charge is -2.09. The number of amides is 1. The number of hydrogen-bond donors (Lipinski definition) is 2. The van der Waals surface area contributed by atoms with Crippen LogP contribution < -0.4 is 15.4 Å². The van der Waals surface area contributed by atoms with Gasteiger partial charge in [-0.15, -0.1) is 0 Å². The lowest BCUT2D eigenvalue weighted by molar-refractivity contribution is 0.0949. The van der Waals surface area contributed by atoms with E-state index in [2.05, 4.69) is 20.6 Å².